The van der Waals surface area contributed by atoms with Crippen molar-refractivity contribution in [1.29, 1.82) is 5.26 Å². The lowest BCUT2D eigenvalue weighted by molar-refractivity contribution is 0.0702. The van der Waals surface area contributed by atoms with Crippen molar-refractivity contribution in [2.45, 2.75) is 43.9 Å². The maximum Gasteiger partial charge on any atom is 0.254 e. The molecule has 2 aliphatic heterocycles. The van der Waals surface area contributed by atoms with Gasteiger partial charge in [0.1, 0.15) is 0 Å². The molecule has 2 aromatic rings. The fourth-order valence-corrected chi connectivity index (χ4v) is 4.61. The first-order valence-electron chi connectivity index (χ1n) is 9.24. The van der Waals surface area contributed by atoms with E-state index in [1.807, 2.05) is 12.1 Å². The number of hydrogen-bond acceptors (Lipinski definition) is 3. The third-order valence-electron chi connectivity index (χ3n) is 5.82. The number of fused-ring (bicyclic) bond motifs is 2. The van der Waals surface area contributed by atoms with Crippen molar-refractivity contribution < 1.29 is 4.79 Å². The Kier molecular flexibility index (Phi) is 4.48. The van der Waals surface area contributed by atoms with Crippen molar-refractivity contribution in [3.8, 4) is 6.07 Å². The number of nitrogens with zero attached hydrogens (tertiary/aromatic N) is 3. The zero-order valence-corrected chi connectivity index (χ0v) is 15.0. The van der Waals surface area contributed by atoms with E-state index in [-0.39, 0.29) is 11.9 Å². The largest absolute Gasteiger partial charge is 0.331 e. The molecule has 2 aliphatic rings. The van der Waals surface area contributed by atoms with E-state index in [0.29, 0.717) is 23.2 Å². The number of rotatable bonds is 4. The van der Waals surface area contributed by atoms with Crippen LogP contribution in [-0.2, 0) is 6.54 Å². The Morgan fingerprint density at radius 3 is 2.77 bits per heavy atom. The highest BCUT2D eigenvalue weighted by atomic mass is 16.2. The van der Waals surface area contributed by atoms with Gasteiger partial charge in [0.05, 0.1) is 11.6 Å². The van der Waals surface area contributed by atoms with Crippen LogP contribution in [-0.4, -0.2) is 40.9 Å². The monoisotopic (exact) mass is 345 g/mol. The number of likely N-dealkylation sites (N-methyl/N-ethyl adjacent to an activating group) is 1. The molecule has 4 rings (SSSR count). The van der Waals surface area contributed by atoms with Gasteiger partial charge in [-0.25, -0.2) is 0 Å². The normalized spacial score (nSPS) is 24.0. The van der Waals surface area contributed by atoms with Crippen LogP contribution in [0.2, 0.25) is 0 Å². The number of amides is 1. The number of hydrogen-bond donors (Lipinski definition) is 0. The van der Waals surface area contributed by atoms with Gasteiger partial charge in [-0.2, -0.15) is 5.26 Å². The molecule has 26 heavy (non-hydrogen) atoms. The maximum atomic E-state index is 13.1. The van der Waals surface area contributed by atoms with E-state index in [1.54, 1.807) is 18.2 Å². The molecule has 2 heterocycles. The first-order valence-corrected chi connectivity index (χ1v) is 9.24. The second kappa shape index (κ2) is 6.93. The van der Waals surface area contributed by atoms with Crippen LogP contribution in [0.15, 0.2) is 54.6 Å². The highest BCUT2D eigenvalue weighted by Crippen LogP contribution is 2.41. The molecular weight excluding hydrogens is 322 g/mol. The molecule has 132 valence electrons. The van der Waals surface area contributed by atoms with Gasteiger partial charge in [0.15, 0.2) is 0 Å². The fourth-order valence-electron chi connectivity index (χ4n) is 4.61. The van der Waals surface area contributed by atoms with Gasteiger partial charge in [0.2, 0.25) is 0 Å². The van der Waals surface area contributed by atoms with Gasteiger partial charge in [-0.15, -0.1) is 0 Å². The molecule has 2 saturated heterocycles. The molecule has 3 atom stereocenters. The third-order valence-corrected chi connectivity index (χ3v) is 5.82. The molecule has 0 aliphatic carbocycles. The van der Waals surface area contributed by atoms with E-state index in [9.17, 15) is 4.79 Å². The van der Waals surface area contributed by atoms with E-state index < -0.39 is 0 Å². The average molecular weight is 345 g/mol. The summed E-state index contributed by atoms with van der Waals surface area (Å²) in [6.07, 6.45) is 3.19. The van der Waals surface area contributed by atoms with Crippen molar-refractivity contribution in [1.82, 2.24) is 9.80 Å². The van der Waals surface area contributed by atoms with Crippen LogP contribution >= 0.6 is 0 Å². The van der Waals surface area contributed by atoms with E-state index in [0.717, 1.165) is 25.8 Å². The van der Waals surface area contributed by atoms with Crippen LogP contribution in [0, 0.1) is 11.3 Å². The molecule has 4 heteroatoms. The molecule has 2 fully saturated rings. The molecule has 4 nitrogen and oxygen atoms in total. The standard InChI is InChI=1S/C22H23N3O/c1-24(15-16-6-3-2-4-7-16)21-13-19-10-11-20(21)25(19)22(26)18-9-5-8-17(12-18)14-23/h2-9,12,19-21H,10-11,13,15H2,1H3/t19?,20?,21-/m1/s1. The fraction of sp³-hybridized carbons (Fsp3) is 0.364. The van der Waals surface area contributed by atoms with Crippen LogP contribution in [0.3, 0.4) is 0 Å². The molecule has 0 aromatic heterocycles. The lowest BCUT2D eigenvalue weighted by atomic mass is 9.94. The summed E-state index contributed by atoms with van der Waals surface area (Å²) in [7, 11) is 2.16. The summed E-state index contributed by atoms with van der Waals surface area (Å²) in [5, 5.41) is 9.10. The van der Waals surface area contributed by atoms with Gasteiger partial charge < -0.3 is 4.90 Å². The van der Waals surface area contributed by atoms with Crippen molar-refractivity contribution in [2.24, 2.45) is 0 Å². The van der Waals surface area contributed by atoms with Crippen LogP contribution in [0.5, 0.6) is 0 Å². The average Bonchev–Trinajstić information content (AvgIpc) is 3.26. The molecule has 0 spiro atoms. The number of carbonyl (C=O) groups is 1. The maximum absolute atomic E-state index is 13.1. The molecule has 2 bridgehead atoms. The van der Waals surface area contributed by atoms with Crippen LogP contribution < -0.4 is 0 Å². The molecule has 0 radical (unpaired) electrons. The predicted octanol–water partition coefficient (Wildman–Crippen LogP) is 3.44. The molecule has 0 saturated carbocycles. The number of benzene rings is 2. The minimum atomic E-state index is 0.0743. The van der Waals surface area contributed by atoms with Gasteiger partial charge >= 0.3 is 0 Å². The molecule has 2 aromatic carbocycles. The van der Waals surface area contributed by atoms with E-state index in [2.05, 4.69) is 47.2 Å². The summed E-state index contributed by atoms with van der Waals surface area (Å²) in [6, 6.07) is 20.7. The highest BCUT2D eigenvalue weighted by Gasteiger charge is 2.49. The van der Waals surface area contributed by atoms with Gasteiger partial charge in [-0.05, 0) is 50.1 Å². The van der Waals surface area contributed by atoms with Crippen LogP contribution in [0.4, 0.5) is 0 Å². The van der Waals surface area contributed by atoms with Crippen LogP contribution in [0.1, 0.15) is 40.7 Å². The Labute approximate surface area is 154 Å². The SMILES string of the molecule is CN(Cc1ccccc1)[C@@H]1CC2CCC1N2C(=O)c1cccc(C#N)c1. The smallest absolute Gasteiger partial charge is 0.254 e. The van der Waals surface area contributed by atoms with Gasteiger partial charge in [0, 0.05) is 30.2 Å². The van der Waals surface area contributed by atoms with E-state index in [1.165, 1.54) is 5.56 Å². The number of nitriles is 1. The molecule has 2 unspecified atom stereocenters. The van der Waals surface area contributed by atoms with Crippen molar-refractivity contribution in [2.75, 3.05) is 7.05 Å². The predicted molar refractivity (Wildman–Crippen MR) is 100 cm³/mol. The first kappa shape index (κ1) is 16.8. The minimum Gasteiger partial charge on any atom is -0.331 e. The Morgan fingerprint density at radius 1 is 1.19 bits per heavy atom. The lowest BCUT2D eigenvalue weighted by Gasteiger charge is -2.31. The molecule has 1 amide bonds. The van der Waals surface area contributed by atoms with Crippen molar-refractivity contribution in [3.05, 3.63) is 71.3 Å². The quantitative estimate of drug-likeness (QED) is 0.853. The number of carbonyl (C=O) groups excluding carboxylic acids is 1. The molecular formula is C22H23N3O. The summed E-state index contributed by atoms with van der Waals surface area (Å²) in [5.41, 5.74) is 2.48. The van der Waals surface area contributed by atoms with E-state index >= 15 is 0 Å². The zero-order valence-electron chi connectivity index (χ0n) is 15.0. The lowest BCUT2D eigenvalue weighted by Crippen LogP contribution is -2.43. The highest BCUT2D eigenvalue weighted by molar-refractivity contribution is 5.95. The summed E-state index contributed by atoms with van der Waals surface area (Å²) >= 11 is 0. The molecule has 0 N–H and O–H groups in total. The summed E-state index contributed by atoms with van der Waals surface area (Å²) in [6.45, 7) is 0.903. The Balaban J connectivity index is 1.51. The second-order valence-electron chi connectivity index (χ2n) is 7.41. The Hall–Kier alpha value is -2.64. The van der Waals surface area contributed by atoms with E-state index in [4.69, 9.17) is 5.26 Å². The van der Waals surface area contributed by atoms with Gasteiger partial charge in [-0.1, -0.05) is 36.4 Å². The summed E-state index contributed by atoms with van der Waals surface area (Å²) < 4.78 is 0. The van der Waals surface area contributed by atoms with Crippen molar-refractivity contribution >= 4 is 5.91 Å². The van der Waals surface area contributed by atoms with Gasteiger partial charge in [-0.3, -0.25) is 9.69 Å². The first-order chi connectivity index (χ1) is 12.7. The van der Waals surface area contributed by atoms with Gasteiger partial charge in [0.25, 0.3) is 5.91 Å². The van der Waals surface area contributed by atoms with Crippen molar-refractivity contribution in [3.63, 3.8) is 0 Å². The Morgan fingerprint density at radius 2 is 2.00 bits per heavy atom. The minimum absolute atomic E-state index is 0.0743. The van der Waals surface area contributed by atoms with Crippen LogP contribution in [0.25, 0.3) is 0 Å². The Bertz CT molecular complexity index is 842. The summed E-state index contributed by atoms with van der Waals surface area (Å²) in [5.74, 6) is 0.0743. The topological polar surface area (TPSA) is 47.3 Å². The zero-order chi connectivity index (χ0) is 18.1. The third kappa shape index (κ3) is 3.00. The summed E-state index contributed by atoms with van der Waals surface area (Å²) in [4.78, 5) is 17.6. The second-order valence-corrected chi connectivity index (χ2v) is 7.41.